The minimum atomic E-state index is -0.668. The van der Waals surface area contributed by atoms with Gasteiger partial charge in [-0.3, -0.25) is 4.79 Å². The molecule has 0 spiro atoms. The predicted octanol–water partition coefficient (Wildman–Crippen LogP) is 6.27. The molecule has 0 saturated carbocycles. The molecule has 0 aliphatic rings. The van der Waals surface area contributed by atoms with Crippen molar-refractivity contribution in [2.75, 3.05) is 6.61 Å². The maximum Gasteiger partial charge on any atom is 0.349 e. The van der Waals surface area contributed by atoms with Crippen LogP contribution in [0.2, 0.25) is 15.1 Å². The van der Waals surface area contributed by atoms with E-state index in [1.807, 2.05) is 6.92 Å². The minimum absolute atomic E-state index is 0.165. The summed E-state index contributed by atoms with van der Waals surface area (Å²) in [5.74, 6) is 0.673. The van der Waals surface area contributed by atoms with E-state index < -0.39 is 11.2 Å². The number of halogens is 4. The van der Waals surface area contributed by atoms with Crippen molar-refractivity contribution >= 4 is 67.9 Å². The fourth-order valence-corrected chi connectivity index (χ4v) is 4.23. The number of aromatic amines is 1. The van der Waals surface area contributed by atoms with Crippen LogP contribution in [0.1, 0.15) is 18.1 Å². The first kappa shape index (κ1) is 25.3. The molecule has 0 bridgehead atoms. The molecule has 3 aromatic carbocycles. The number of ether oxygens (including phenoxy) is 2. The maximum atomic E-state index is 12.7. The summed E-state index contributed by atoms with van der Waals surface area (Å²) in [6.45, 7) is 2.33. The molecule has 0 radical (unpaired) electrons. The van der Waals surface area contributed by atoms with E-state index in [4.69, 9.17) is 44.3 Å². The Bertz CT molecular complexity index is 1570. The maximum absolute atomic E-state index is 12.7. The molecule has 1 heterocycles. The highest BCUT2D eigenvalue weighted by Gasteiger charge is 2.18. The summed E-state index contributed by atoms with van der Waals surface area (Å²) >= 11 is 22.1. The van der Waals surface area contributed by atoms with Crippen LogP contribution in [0.5, 0.6) is 11.5 Å². The van der Waals surface area contributed by atoms with Crippen LogP contribution in [0.3, 0.4) is 0 Å². The molecule has 0 amide bonds. The molecule has 0 aliphatic heterocycles. The van der Waals surface area contributed by atoms with Crippen molar-refractivity contribution < 1.29 is 9.47 Å². The van der Waals surface area contributed by atoms with E-state index in [1.54, 1.807) is 48.5 Å². The number of nitrogens with one attached hydrogen (secondary N) is 1. The van der Waals surface area contributed by atoms with Crippen LogP contribution in [0.15, 0.2) is 67.7 Å². The van der Waals surface area contributed by atoms with Gasteiger partial charge in [-0.15, -0.1) is 4.68 Å². The molecule has 1 N–H and O–H groups in total. The van der Waals surface area contributed by atoms with Crippen LogP contribution < -0.4 is 20.7 Å². The van der Waals surface area contributed by atoms with Gasteiger partial charge in [0, 0.05) is 10.0 Å². The number of hydrogen-bond donors (Lipinski definition) is 1. The Labute approximate surface area is 223 Å². The van der Waals surface area contributed by atoms with Gasteiger partial charge in [-0.2, -0.15) is 5.10 Å². The zero-order chi connectivity index (χ0) is 25.1. The van der Waals surface area contributed by atoms with Crippen LogP contribution in [-0.4, -0.2) is 22.5 Å². The molecule has 4 rings (SSSR count). The lowest BCUT2D eigenvalue weighted by molar-refractivity contribution is 0.269. The van der Waals surface area contributed by atoms with Crippen molar-refractivity contribution in [2.45, 2.75) is 13.5 Å². The number of nitrogens with zero attached hydrogens (tertiary/aromatic N) is 2. The molecule has 180 valence electrons. The second-order valence-electron chi connectivity index (χ2n) is 7.23. The van der Waals surface area contributed by atoms with Gasteiger partial charge in [-0.25, -0.2) is 4.79 Å². The summed E-state index contributed by atoms with van der Waals surface area (Å²) in [6.07, 6.45) is 1.34. The Kier molecular flexibility index (Phi) is 7.86. The van der Waals surface area contributed by atoms with Crippen molar-refractivity contribution in [3.05, 3.63) is 100 Å². The third-order valence-electron chi connectivity index (χ3n) is 4.92. The topological polar surface area (TPSA) is 85.7 Å². The molecule has 0 unspecified atom stereocenters. The third-order valence-corrected chi connectivity index (χ3v) is 7.10. The molecular weight excluding hydrogens is 581 g/mol. The van der Waals surface area contributed by atoms with Crippen molar-refractivity contribution in [2.24, 2.45) is 5.10 Å². The summed E-state index contributed by atoms with van der Waals surface area (Å²) < 4.78 is 12.9. The summed E-state index contributed by atoms with van der Waals surface area (Å²) in [7, 11) is 0. The van der Waals surface area contributed by atoms with Crippen LogP contribution in [0, 0.1) is 0 Å². The van der Waals surface area contributed by atoms with E-state index in [0.717, 1.165) is 10.2 Å². The highest BCUT2D eigenvalue weighted by atomic mass is 79.9. The molecule has 0 saturated heterocycles. The summed E-state index contributed by atoms with van der Waals surface area (Å²) in [6, 6.07) is 13.5. The van der Waals surface area contributed by atoms with Crippen molar-refractivity contribution in [3.63, 3.8) is 0 Å². The fraction of sp³-hybridized carbons (Fsp3) is 0.125. The summed E-state index contributed by atoms with van der Waals surface area (Å²) in [5.41, 5.74) is 0.475. The first-order chi connectivity index (χ1) is 16.8. The molecule has 4 aromatic rings. The second-order valence-corrected chi connectivity index (χ2v) is 9.21. The summed E-state index contributed by atoms with van der Waals surface area (Å²) in [5, 5.41) is 5.52. The average Bonchev–Trinajstić information content (AvgIpc) is 2.84. The Morgan fingerprint density at radius 2 is 1.83 bits per heavy atom. The van der Waals surface area contributed by atoms with E-state index in [-0.39, 0.29) is 11.6 Å². The van der Waals surface area contributed by atoms with E-state index in [0.29, 0.717) is 49.1 Å². The number of benzene rings is 3. The Morgan fingerprint density at radius 1 is 1.06 bits per heavy atom. The van der Waals surface area contributed by atoms with Gasteiger partial charge in [0.1, 0.15) is 11.6 Å². The number of fused-ring (bicyclic) bond motifs is 1. The first-order valence-corrected chi connectivity index (χ1v) is 12.2. The van der Waals surface area contributed by atoms with Gasteiger partial charge >= 0.3 is 5.69 Å². The standard InChI is InChI=1S/C24H17BrCl3N3O4/c1-2-34-19-10-14(11-29-31-23(32)15-5-3-4-6-18(15)30-24(31)33)20(25)21(28)22(19)35-12-13-7-8-16(26)17(27)9-13/h3-11H,2,12H2,1H3,(H,30,33). The predicted molar refractivity (Wildman–Crippen MR) is 143 cm³/mol. The Hall–Kier alpha value is -2.78. The van der Waals surface area contributed by atoms with E-state index in [9.17, 15) is 9.59 Å². The molecule has 0 fully saturated rings. The molecule has 0 atom stereocenters. The van der Waals surface area contributed by atoms with Gasteiger partial charge in [0.2, 0.25) is 0 Å². The molecule has 0 aliphatic carbocycles. The quantitative estimate of drug-likeness (QED) is 0.255. The molecule has 1 aromatic heterocycles. The Morgan fingerprint density at radius 3 is 2.57 bits per heavy atom. The first-order valence-electron chi connectivity index (χ1n) is 10.3. The number of hydrogen-bond acceptors (Lipinski definition) is 5. The monoisotopic (exact) mass is 595 g/mol. The van der Waals surface area contributed by atoms with Crippen LogP contribution in [0.25, 0.3) is 10.9 Å². The van der Waals surface area contributed by atoms with Crippen LogP contribution >= 0.6 is 50.7 Å². The molecule has 35 heavy (non-hydrogen) atoms. The lowest BCUT2D eigenvalue weighted by Gasteiger charge is -2.16. The zero-order valence-corrected chi connectivity index (χ0v) is 22.0. The normalized spacial score (nSPS) is 11.3. The van der Waals surface area contributed by atoms with Gasteiger partial charge in [-0.05, 0) is 58.7 Å². The third kappa shape index (κ3) is 5.41. The number of aromatic nitrogens is 2. The van der Waals surface area contributed by atoms with E-state index in [1.165, 1.54) is 6.21 Å². The van der Waals surface area contributed by atoms with Gasteiger partial charge in [0.05, 0.1) is 33.8 Å². The van der Waals surface area contributed by atoms with E-state index >= 15 is 0 Å². The molecule has 11 heteroatoms. The van der Waals surface area contributed by atoms with Gasteiger partial charge < -0.3 is 14.5 Å². The van der Waals surface area contributed by atoms with Crippen molar-refractivity contribution in [1.82, 2.24) is 9.66 Å². The van der Waals surface area contributed by atoms with Crippen molar-refractivity contribution in [1.29, 1.82) is 0 Å². The smallest absolute Gasteiger partial charge is 0.349 e. The van der Waals surface area contributed by atoms with Crippen LogP contribution in [-0.2, 0) is 6.61 Å². The number of para-hydroxylation sites is 1. The molecular formula is C24H17BrCl3N3O4. The highest BCUT2D eigenvalue weighted by molar-refractivity contribution is 9.10. The second kappa shape index (κ2) is 10.9. The van der Waals surface area contributed by atoms with Gasteiger partial charge in [-0.1, -0.05) is 53.0 Å². The molecule has 7 nitrogen and oxygen atoms in total. The van der Waals surface area contributed by atoms with Gasteiger partial charge in [0.25, 0.3) is 5.56 Å². The van der Waals surface area contributed by atoms with E-state index in [2.05, 4.69) is 26.0 Å². The fourth-order valence-electron chi connectivity index (χ4n) is 3.26. The highest BCUT2D eigenvalue weighted by Crippen LogP contribution is 2.42. The lowest BCUT2D eigenvalue weighted by atomic mass is 10.2. The van der Waals surface area contributed by atoms with Gasteiger partial charge in [0.15, 0.2) is 11.5 Å². The largest absolute Gasteiger partial charge is 0.490 e. The lowest BCUT2D eigenvalue weighted by Crippen LogP contribution is -2.32. The zero-order valence-electron chi connectivity index (χ0n) is 18.1. The number of rotatable bonds is 7. The minimum Gasteiger partial charge on any atom is -0.490 e. The summed E-state index contributed by atoms with van der Waals surface area (Å²) in [4.78, 5) is 27.8. The average molecular weight is 598 g/mol. The van der Waals surface area contributed by atoms with Crippen LogP contribution in [0.4, 0.5) is 0 Å². The Balaban J connectivity index is 1.70. The van der Waals surface area contributed by atoms with Crippen molar-refractivity contribution in [3.8, 4) is 11.5 Å². The SMILES string of the molecule is CCOc1cc(C=Nn2c(=O)[nH]c3ccccc3c2=O)c(Br)c(Cl)c1OCc1ccc(Cl)c(Cl)c1. The number of H-pyrrole nitrogens is 1.